The van der Waals surface area contributed by atoms with Gasteiger partial charge in [-0.3, -0.25) is 0 Å². The summed E-state index contributed by atoms with van der Waals surface area (Å²) in [5.74, 6) is 0.478. The van der Waals surface area contributed by atoms with E-state index in [2.05, 4.69) is 27.6 Å². The number of benzene rings is 2. The van der Waals surface area contributed by atoms with Crippen molar-refractivity contribution in [1.29, 1.82) is 0 Å². The van der Waals surface area contributed by atoms with Gasteiger partial charge < -0.3 is 0 Å². The van der Waals surface area contributed by atoms with Crippen molar-refractivity contribution in [2.45, 2.75) is 6.42 Å². The fourth-order valence-electron chi connectivity index (χ4n) is 2.58. The highest BCUT2D eigenvalue weighted by Gasteiger charge is 2.11. The Morgan fingerprint density at radius 3 is 2.52 bits per heavy atom. The summed E-state index contributed by atoms with van der Waals surface area (Å²) in [6.07, 6.45) is 7.29. The highest BCUT2D eigenvalue weighted by atomic mass is 32.1. The third kappa shape index (κ3) is 2.85. The van der Waals surface area contributed by atoms with Gasteiger partial charge in [0.2, 0.25) is 0 Å². The van der Waals surface area contributed by atoms with Gasteiger partial charge in [-0.1, -0.05) is 48.6 Å². The molecule has 0 radical (unpaired) electrons. The van der Waals surface area contributed by atoms with Crippen LogP contribution in [0.5, 0.6) is 0 Å². The van der Waals surface area contributed by atoms with Crippen LogP contribution in [0.1, 0.15) is 11.4 Å². The summed E-state index contributed by atoms with van der Waals surface area (Å²) in [5.41, 5.74) is 3.88. The lowest BCUT2D eigenvalue weighted by Crippen LogP contribution is -1.85. The van der Waals surface area contributed by atoms with Crippen molar-refractivity contribution in [3.8, 4) is 22.5 Å². The Bertz CT molecular complexity index is 924. The minimum atomic E-state index is -0.234. The van der Waals surface area contributed by atoms with Gasteiger partial charge in [0.1, 0.15) is 10.8 Å². The third-order valence-corrected chi connectivity index (χ3v) is 4.49. The molecule has 3 aromatic rings. The van der Waals surface area contributed by atoms with E-state index in [-0.39, 0.29) is 5.82 Å². The first kappa shape index (κ1) is 14.0. The summed E-state index contributed by atoms with van der Waals surface area (Å²) in [7, 11) is 0. The minimum absolute atomic E-state index is 0.234. The van der Waals surface area contributed by atoms with E-state index in [1.807, 2.05) is 30.3 Å². The molecule has 0 amide bonds. The number of nitrogens with zero attached hydrogens (tertiary/aromatic N) is 2. The third-order valence-electron chi connectivity index (χ3n) is 3.72. The van der Waals surface area contributed by atoms with Crippen LogP contribution in [0.3, 0.4) is 0 Å². The molecule has 23 heavy (non-hydrogen) atoms. The maximum atomic E-state index is 13.4. The first-order valence-electron chi connectivity index (χ1n) is 7.37. The average Bonchev–Trinajstić information content (AvgIpc) is 3.26. The number of hydrogen-bond acceptors (Lipinski definition) is 3. The molecule has 0 spiro atoms. The molecule has 1 aliphatic rings. The molecule has 1 heterocycles. The van der Waals surface area contributed by atoms with Gasteiger partial charge in [0.25, 0.3) is 0 Å². The van der Waals surface area contributed by atoms with Gasteiger partial charge in [0.15, 0.2) is 5.82 Å². The standard InChI is InChI=1S/C19H13FN2S/c20-17-10-4-8-15(12-17)14-7-3-9-16(11-14)18-21-19(23-22-18)13-5-1-2-6-13/h1,3-12H,2H2. The van der Waals surface area contributed by atoms with Gasteiger partial charge in [-0.05, 0) is 47.3 Å². The Balaban J connectivity index is 1.70. The summed E-state index contributed by atoms with van der Waals surface area (Å²) in [4.78, 5) is 4.63. The first-order valence-corrected chi connectivity index (χ1v) is 8.14. The predicted molar refractivity (Wildman–Crippen MR) is 92.5 cm³/mol. The number of halogens is 1. The van der Waals surface area contributed by atoms with Crippen LogP contribution in [0, 0.1) is 5.82 Å². The van der Waals surface area contributed by atoms with Gasteiger partial charge in [0.05, 0.1) is 0 Å². The van der Waals surface area contributed by atoms with Gasteiger partial charge in [-0.15, -0.1) is 0 Å². The molecule has 0 saturated heterocycles. The molecule has 2 nitrogen and oxygen atoms in total. The summed E-state index contributed by atoms with van der Waals surface area (Å²) >= 11 is 1.41. The van der Waals surface area contributed by atoms with E-state index in [4.69, 9.17) is 0 Å². The van der Waals surface area contributed by atoms with E-state index in [1.165, 1.54) is 23.7 Å². The molecule has 4 rings (SSSR count). The average molecular weight is 320 g/mol. The van der Waals surface area contributed by atoms with Crippen LogP contribution in [0.15, 0.2) is 66.8 Å². The largest absolute Gasteiger partial charge is 0.215 e. The molecular formula is C19H13FN2S. The van der Waals surface area contributed by atoms with Crippen LogP contribution in [0.2, 0.25) is 0 Å². The van der Waals surface area contributed by atoms with Crippen molar-refractivity contribution < 1.29 is 4.39 Å². The van der Waals surface area contributed by atoms with Crippen LogP contribution < -0.4 is 0 Å². The van der Waals surface area contributed by atoms with Crippen molar-refractivity contribution in [3.63, 3.8) is 0 Å². The Morgan fingerprint density at radius 2 is 1.74 bits per heavy atom. The highest BCUT2D eigenvalue weighted by Crippen LogP contribution is 2.29. The maximum Gasteiger partial charge on any atom is 0.173 e. The molecule has 0 aliphatic heterocycles. The van der Waals surface area contributed by atoms with E-state index in [0.717, 1.165) is 33.7 Å². The zero-order valence-electron chi connectivity index (χ0n) is 12.2. The quantitative estimate of drug-likeness (QED) is 0.649. The molecule has 0 fully saturated rings. The molecule has 0 unspecified atom stereocenters. The molecule has 112 valence electrons. The molecule has 1 aromatic heterocycles. The van der Waals surface area contributed by atoms with Crippen molar-refractivity contribution in [3.05, 3.63) is 77.6 Å². The monoisotopic (exact) mass is 320 g/mol. The lowest BCUT2D eigenvalue weighted by atomic mass is 10.0. The van der Waals surface area contributed by atoms with E-state index < -0.39 is 0 Å². The zero-order chi connectivity index (χ0) is 15.6. The lowest BCUT2D eigenvalue weighted by Gasteiger charge is -2.03. The molecule has 2 aromatic carbocycles. The van der Waals surface area contributed by atoms with Crippen molar-refractivity contribution >= 4 is 17.1 Å². The second-order valence-electron chi connectivity index (χ2n) is 5.31. The predicted octanol–water partition coefficient (Wildman–Crippen LogP) is 5.35. The Labute approximate surface area is 137 Å². The topological polar surface area (TPSA) is 25.8 Å². The molecule has 4 heteroatoms. The van der Waals surface area contributed by atoms with Crippen LogP contribution in [0.4, 0.5) is 4.39 Å². The minimum Gasteiger partial charge on any atom is -0.215 e. The van der Waals surface area contributed by atoms with Crippen LogP contribution >= 0.6 is 11.5 Å². The molecule has 0 saturated carbocycles. The molecule has 0 N–H and O–H groups in total. The smallest absolute Gasteiger partial charge is 0.173 e. The molecule has 0 atom stereocenters. The second kappa shape index (κ2) is 5.89. The normalized spacial score (nSPS) is 13.3. The molecule has 1 aliphatic carbocycles. The van der Waals surface area contributed by atoms with Gasteiger partial charge >= 0.3 is 0 Å². The van der Waals surface area contributed by atoms with E-state index in [1.54, 1.807) is 6.07 Å². The number of hydrogen-bond donors (Lipinski definition) is 0. The zero-order valence-corrected chi connectivity index (χ0v) is 13.1. The number of rotatable bonds is 3. The van der Waals surface area contributed by atoms with Crippen molar-refractivity contribution in [1.82, 2.24) is 9.36 Å². The van der Waals surface area contributed by atoms with Crippen molar-refractivity contribution in [2.24, 2.45) is 0 Å². The number of aromatic nitrogens is 2. The van der Waals surface area contributed by atoms with Crippen LogP contribution in [0.25, 0.3) is 28.1 Å². The van der Waals surface area contributed by atoms with Crippen molar-refractivity contribution in [2.75, 3.05) is 0 Å². The number of allylic oxidation sites excluding steroid dienone is 4. The summed E-state index contributed by atoms with van der Waals surface area (Å²) in [5, 5.41) is 0.935. The molecular weight excluding hydrogens is 307 g/mol. The summed E-state index contributed by atoms with van der Waals surface area (Å²) in [6, 6.07) is 14.5. The van der Waals surface area contributed by atoms with Crippen LogP contribution in [-0.4, -0.2) is 9.36 Å². The SMILES string of the molecule is Fc1cccc(-c2cccc(-c3nsc(C4=CCC=C4)n3)c2)c1. The Morgan fingerprint density at radius 1 is 0.957 bits per heavy atom. The van der Waals surface area contributed by atoms with E-state index in [9.17, 15) is 4.39 Å². The first-order chi connectivity index (χ1) is 11.3. The van der Waals surface area contributed by atoms with Crippen LogP contribution in [-0.2, 0) is 0 Å². The maximum absolute atomic E-state index is 13.4. The van der Waals surface area contributed by atoms with E-state index in [0.29, 0.717) is 5.82 Å². The second-order valence-corrected chi connectivity index (χ2v) is 6.06. The fraction of sp³-hybridized carbons (Fsp3) is 0.0526. The summed E-state index contributed by atoms with van der Waals surface area (Å²) in [6.45, 7) is 0. The van der Waals surface area contributed by atoms with Gasteiger partial charge in [-0.2, -0.15) is 4.37 Å². The summed E-state index contributed by atoms with van der Waals surface area (Å²) < 4.78 is 17.9. The highest BCUT2D eigenvalue weighted by molar-refractivity contribution is 7.06. The van der Waals surface area contributed by atoms with Gasteiger partial charge in [0, 0.05) is 11.1 Å². The van der Waals surface area contributed by atoms with Gasteiger partial charge in [-0.25, -0.2) is 9.37 Å². The van der Waals surface area contributed by atoms with E-state index >= 15 is 0 Å². The Hall–Kier alpha value is -2.59. The lowest BCUT2D eigenvalue weighted by molar-refractivity contribution is 0.628. The fourth-order valence-corrected chi connectivity index (χ4v) is 3.28. The Kier molecular flexibility index (Phi) is 3.60. The molecule has 0 bridgehead atoms.